The summed E-state index contributed by atoms with van der Waals surface area (Å²) in [6, 6.07) is 0. The van der Waals surface area contributed by atoms with Crippen LogP contribution < -0.4 is 0 Å². The molecule has 0 aliphatic carbocycles. The highest BCUT2D eigenvalue weighted by Gasteiger charge is 2.10. The highest BCUT2D eigenvalue weighted by molar-refractivity contribution is 5.66. The number of hydrogen-bond acceptors (Lipinski definition) is 4. The molecule has 0 aliphatic rings. The van der Waals surface area contributed by atoms with Gasteiger partial charge in [-0.15, -0.1) is 0 Å². The number of allylic oxidation sites excluding steroid dienone is 8. The zero-order chi connectivity index (χ0) is 20.3. The van der Waals surface area contributed by atoms with E-state index < -0.39 is 24.3 Å². The summed E-state index contributed by atoms with van der Waals surface area (Å²) in [7, 11) is 0. The Morgan fingerprint density at radius 3 is 2.04 bits per heavy atom. The fraction of sp³-hybridized carbons (Fsp3) is 0.409. The highest BCUT2D eigenvalue weighted by atomic mass is 16.4. The first-order valence-corrected chi connectivity index (χ1v) is 9.21. The van der Waals surface area contributed by atoms with Crippen molar-refractivity contribution in [2.24, 2.45) is 0 Å². The van der Waals surface area contributed by atoms with Gasteiger partial charge in [0.15, 0.2) is 0 Å². The average Bonchev–Trinajstić information content (AvgIpc) is 2.63. The minimum atomic E-state index is -0.904. The van der Waals surface area contributed by atoms with Crippen molar-refractivity contribution in [1.29, 1.82) is 0 Å². The fourth-order valence-corrected chi connectivity index (χ4v) is 1.94. The largest absolute Gasteiger partial charge is 0.481 e. The maximum atomic E-state index is 10.3. The molecule has 5 nitrogen and oxygen atoms in total. The number of rotatable bonds is 14. The second-order valence-electron chi connectivity index (χ2n) is 5.92. The lowest BCUT2D eigenvalue weighted by Crippen LogP contribution is -2.22. The summed E-state index contributed by atoms with van der Waals surface area (Å²) in [5, 5.41) is 37.7. The number of carboxylic acids is 1. The molecule has 0 amide bonds. The van der Waals surface area contributed by atoms with Gasteiger partial charge >= 0.3 is 5.97 Å². The topological polar surface area (TPSA) is 98.0 Å². The van der Waals surface area contributed by atoms with Gasteiger partial charge in [-0.25, -0.2) is 0 Å². The summed E-state index contributed by atoms with van der Waals surface area (Å²) in [5.74, 6) is -0.831. The van der Waals surface area contributed by atoms with Crippen LogP contribution in [0.5, 0.6) is 0 Å². The first kappa shape index (κ1) is 24.8. The van der Waals surface area contributed by atoms with Crippen LogP contribution in [0.15, 0.2) is 72.9 Å². The Morgan fingerprint density at radius 1 is 0.815 bits per heavy atom. The van der Waals surface area contributed by atoms with Crippen LogP contribution in [0.2, 0.25) is 0 Å². The molecule has 3 atom stereocenters. The molecule has 0 aromatic rings. The molecule has 0 spiro atoms. The Labute approximate surface area is 162 Å². The standard InChI is InChI=1S/C22H32O5/c1-2-3-9-16-20(24)21(25)17-12-7-5-4-6-10-14-19(23)15-11-8-13-18-22(26)27/h3-12,14,17,19-21,23-25H,2,13,15-16,18H2,1H3,(H,26,27)/b6-4-,7-5+,9-3-,11-8-,14-10+,17-12+/t19-,20+,21-/m1/s1. The van der Waals surface area contributed by atoms with E-state index in [4.69, 9.17) is 5.11 Å². The molecule has 0 aromatic carbocycles. The molecule has 150 valence electrons. The van der Waals surface area contributed by atoms with E-state index in [2.05, 4.69) is 0 Å². The van der Waals surface area contributed by atoms with Crippen LogP contribution >= 0.6 is 0 Å². The van der Waals surface area contributed by atoms with Crippen molar-refractivity contribution in [3.63, 3.8) is 0 Å². The van der Waals surface area contributed by atoms with Gasteiger partial charge < -0.3 is 20.4 Å². The van der Waals surface area contributed by atoms with Crippen molar-refractivity contribution in [3.05, 3.63) is 72.9 Å². The molecule has 0 saturated carbocycles. The summed E-state index contributed by atoms with van der Waals surface area (Å²) in [6.07, 6.45) is 21.0. The monoisotopic (exact) mass is 376 g/mol. The second-order valence-corrected chi connectivity index (χ2v) is 5.92. The van der Waals surface area contributed by atoms with Crippen LogP contribution in [0, 0.1) is 0 Å². The molecule has 0 aromatic heterocycles. The quantitative estimate of drug-likeness (QED) is 0.275. The molecule has 5 heteroatoms. The third-order valence-electron chi connectivity index (χ3n) is 3.44. The Kier molecular flexibility index (Phi) is 15.8. The first-order chi connectivity index (χ1) is 13.0. The minimum Gasteiger partial charge on any atom is -0.481 e. The van der Waals surface area contributed by atoms with Crippen LogP contribution in [-0.2, 0) is 4.79 Å². The third-order valence-corrected chi connectivity index (χ3v) is 3.44. The first-order valence-electron chi connectivity index (χ1n) is 9.21. The van der Waals surface area contributed by atoms with E-state index in [1.807, 2.05) is 19.1 Å². The van der Waals surface area contributed by atoms with E-state index in [-0.39, 0.29) is 6.42 Å². The van der Waals surface area contributed by atoms with Crippen LogP contribution in [0.3, 0.4) is 0 Å². The summed E-state index contributed by atoms with van der Waals surface area (Å²) < 4.78 is 0. The highest BCUT2D eigenvalue weighted by Crippen LogP contribution is 2.03. The van der Waals surface area contributed by atoms with E-state index in [1.54, 1.807) is 54.7 Å². The molecular formula is C22H32O5. The van der Waals surface area contributed by atoms with Crippen molar-refractivity contribution in [2.75, 3.05) is 0 Å². The van der Waals surface area contributed by atoms with Crippen LogP contribution in [-0.4, -0.2) is 44.7 Å². The van der Waals surface area contributed by atoms with Gasteiger partial charge in [0.25, 0.3) is 0 Å². The Hall–Kier alpha value is -2.21. The lowest BCUT2D eigenvalue weighted by Gasteiger charge is -2.11. The fourth-order valence-electron chi connectivity index (χ4n) is 1.94. The van der Waals surface area contributed by atoms with Gasteiger partial charge in [0.2, 0.25) is 0 Å². The van der Waals surface area contributed by atoms with E-state index in [0.29, 0.717) is 19.3 Å². The number of hydrogen-bond donors (Lipinski definition) is 4. The molecule has 0 aliphatic heterocycles. The maximum Gasteiger partial charge on any atom is 0.303 e. The molecule has 0 heterocycles. The smallest absolute Gasteiger partial charge is 0.303 e. The van der Waals surface area contributed by atoms with Crippen LogP contribution in [0.1, 0.15) is 39.0 Å². The van der Waals surface area contributed by atoms with E-state index in [0.717, 1.165) is 6.42 Å². The summed E-state index contributed by atoms with van der Waals surface area (Å²) in [4.78, 5) is 10.3. The second kappa shape index (κ2) is 17.2. The Balaban J connectivity index is 4.03. The van der Waals surface area contributed by atoms with E-state index in [1.165, 1.54) is 6.08 Å². The van der Waals surface area contributed by atoms with Gasteiger partial charge in [-0.2, -0.15) is 0 Å². The van der Waals surface area contributed by atoms with Crippen molar-refractivity contribution in [3.8, 4) is 0 Å². The van der Waals surface area contributed by atoms with Crippen LogP contribution in [0.25, 0.3) is 0 Å². The molecule has 0 bridgehead atoms. The van der Waals surface area contributed by atoms with Gasteiger partial charge in [0.1, 0.15) is 0 Å². The Morgan fingerprint density at radius 2 is 1.41 bits per heavy atom. The minimum absolute atomic E-state index is 0.0951. The predicted molar refractivity (Wildman–Crippen MR) is 109 cm³/mol. The maximum absolute atomic E-state index is 10.3. The predicted octanol–water partition coefficient (Wildman–Crippen LogP) is 3.46. The molecule has 0 fully saturated rings. The molecule has 27 heavy (non-hydrogen) atoms. The van der Waals surface area contributed by atoms with E-state index in [9.17, 15) is 20.1 Å². The van der Waals surface area contributed by atoms with Crippen molar-refractivity contribution in [1.82, 2.24) is 0 Å². The zero-order valence-electron chi connectivity index (χ0n) is 15.9. The number of aliphatic hydroxyl groups is 3. The van der Waals surface area contributed by atoms with Crippen molar-refractivity contribution >= 4 is 5.97 Å². The van der Waals surface area contributed by atoms with Crippen molar-refractivity contribution in [2.45, 2.75) is 57.3 Å². The number of aliphatic hydroxyl groups excluding tert-OH is 3. The summed E-state index contributed by atoms with van der Waals surface area (Å²) >= 11 is 0. The molecule has 0 rings (SSSR count). The Bertz CT molecular complexity index is 555. The third kappa shape index (κ3) is 17.0. The molecule has 0 saturated heterocycles. The number of aliphatic carboxylic acids is 1. The van der Waals surface area contributed by atoms with E-state index >= 15 is 0 Å². The van der Waals surface area contributed by atoms with Gasteiger partial charge in [0.05, 0.1) is 18.3 Å². The van der Waals surface area contributed by atoms with Gasteiger partial charge in [0, 0.05) is 6.42 Å². The SMILES string of the molecule is CC/C=C\C[C@H](O)[C@H](O)/C=C/C=C/C=C\C=C\[C@@H](O)C/C=C\CCC(=O)O. The number of carboxylic acid groups (broad SMARTS) is 1. The summed E-state index contributed by atoms with van der Waals surface area (Å²) in [5.41, 5.74) is 0. The van der Waals surface area contributed by atoms with Crippen LogP contribution in [0.4, 0.5) is 0 Å². The number of carbonyl (C=O) groups is 1. The molecule has 0 radical (unpaired) electrons. The molecule has 0 unspecified atom stereocenters. The van der Waals surface area contributed by atoms with Gasteiger partial charge in [-0.1, -0.05) is 79.8 Å². The van der Waals surface area contributed by atoms with Gasteiger partial charge in [-0.3, -0.25) is 4.79 Å². The molecule has 4 N–H and O–H groups in total. The average molecular weight is 376 g/mol. The van der Waals surface area contributed by atoms with Gasteiger partial charge in [-0.05, 0) is 25.7 Å². The normalized spacial score (nSPS) is 16.6. The summed E-state index contributed by atoms with van der Waals surface area (Å²) in [6.45, 7) is 2.01. The lowest BCUT2D eigenvalue weighted by molar-refractivity contribution is -0.136. The molecular weight excluding hydrogens is 344 g/mol. The lowest BCUT2D eigenvalue weighted by atomic mass is 10.1. The zero-order valence-corrected chi connectivity index (χ0v) is 15.9. The van der Waals surface area contributed by atoms with Crippen molar-refractivity contribution < 1.29 is 25.2 Å².